The highest BCUT2D eigenvalue weighted by atomic mass is 14.1. The minimum atomic E-state index is 1.09. The molecule has 0 saturated carbocycles. The van der Waals surface area contributed by atoms with E-state index in [-0.39, 0.29) is 0 Å². The van der Waals surface area contributed by atoms with Gasteiger partial charge in [0.1, 0.15) is 0 Å². The van der Waals surface area contributed by atoms with Crippen LogP contribution in [-0.2, 0) is 12.8 Å². The molecule has 0 unspecified atom stereocenters. The molecule has 6 rings (SSSR count). The molecule has 0 aliphatic heterocycles. The van der Waals surface area contributed by atoms with Crippen molar-refractivity contribution in [3.63, 3.8) is 0 Å². The van der Waals surface area contributed by atoms with Crippen LogP contribution in [0.25, 0.3) is 33.7 Å². The molecule has 0 atom stereocenters. The number of fused-ring (bicyclic) bond motifs is 6. The van der Waals surface area contributed by atoms with Crippen LogP contribution in [-0.4, -0.2) is 0 Å². The van der Waals surface area contributed by atoms with Crippen LogP contribution < -0.4 is 0 Å². The first kappa shape index (κ1) is 15.2. The Bertz CT molecular complexity index is 1080. The maximum Gasteiger partial charge on any atom is -0.00820 e. The van der Waals surface area contributed by atoms with Crippen molar-refractivity contribution in [3.8, 4) is 0 Å². The summed E-state index contributed by atoms with van der Waals surface area (Å²) in [5.41, 5.74) is 5.74. The zero-order valence-electron chi connectivity index (χ0n) is 14.7. The highest BCUT2D eigenvalue weighted by Crippen LogP contribution is 2.28. The first-order valence-corrected chi connectivity index (χ1v) is 9.24. The molecule has 4 aromatic rings. The summed E-state index contributed by atoms with van der Waals surface area (Å²) < 4.78 is 0. The molecule has 0 heterocycles. The van der Waals surface area contributed by atoms with E-state index >= 15 is 0 Å². The summed E-state index contributed by atoms with van der Waals surface area (Å²) >= 11 is 0. The molecule has 0 N–H and O–H groups in total. The van der Waals surface area contributed by atoms with Gasteiger partial charge < -0.3 is 0 Å². The lowest BCUT2D eigenvalue weighted by Crippen LogP contribution is -1.83. The predicted molar refractivity (Wildman–Crippen MR) is 113 cm³/mol. The van der Waals surface area contributed by atoms with Crippen LogP contribution in [0.2, 0.25) is 0 Å². The summed E-state index contributed by atoms with van der Waals surface area (Å²) in [6.45, 7) is 0. The number of rotatable bonds is 0. The predicted octanol–water partition coefficient (Wildman–Crippen LogP) is 6.82. The van der Waals surface area contributed by atoms with Crippen LogP contribution in [0.3, 0.4) is 0 Å². The molecule has 0 radical (unpaired) electrons. The van der Waals surface area contributed by atoms with E-state index in [0.29, 0.717) is 0 Å². The quantitative estimate of drug-likeness (QED) is 0.331. The minimum Gasteiger partial charge on any atom is -0.0795 e. The van der Waals surface area contributed by atoms with Gasteiger partial charge >= 0.3 is 0 Å². The van der Waals surface area contributed by atoms with Crippen molar-refractivity contribution < 1.29 is 0 Å². The summed E-state index contributed by atoms with van der Waals surface area (Å²) in [6, 6.07) is 26.0. The van der Waals surface area contributed by atoms with Crippen LogP contribution >= 0.6 is 0 Å². The number of benzene rings is 4. The van der Waals surface area contributed by atoms with E-state index in [1.807, 2.05) is 0 Å². The fourth-order valence-corrected chi connectivity index (χ4v) is 4.08. The molecule has 2 aliphatic carbocycles. The standard InChI is InChI=1S/2C13H10/c2*1-2-6-12-10(4-1)8-9-11-5-3-7-13(11)12/h2*1-6,8-9H,7H2. The summed E-state index contributed by atoms with van der Waals surface area (Å²) in [4.78, 5) is 0. The molecule has 0 bridgehead atoms. The molecule has 124 valence electrons. The Kier molecular flexibility index (Phi) is 3.68. The van der Waals surface area contributed by atoms with Crippen molar-refractivity contribution in [1.82, 2.24) is 0 Å². The van der Waals surface area contributed by atoms with E-state index in [0.717, 1.165) is 12.8 Å². The Morgan fingerprint density at radius 1 is 0.462 bits per heavy atom. The second-order valence-electron chi connectivity index (χ2n) is 6.92. The van der Waals surface area contributed by atoms with Gasteiger partial charge in [-0.25, -0.2) is 0 Å². The average Bonchev–Trinajstić information content (AvgIpc) is 3.38. The third-order valence-corrected chi connectivity index (χ3v) is 5.39. The van der Waals surface area contributed by atoms with Gasteiger partial charge in [0.2, 0.25) is 0 Å². The second-order valence-corrected chi connectivity index (χ2v) is 6.92. The van der Waals surface area contributed by atoms with Gasteiger partial charge in [0.25, 0.3) is 0 Å². The average molecular weight is 332 g/mol. The molecular weight excluding hydrogens is 312 g/mol. The molecule has 0 heteroatoms. The third-order valence-electron chi connectivity index (χ3n) is 5.39. The molecule has 0 nitrogen and oxygen atoms in total. The fourth-order valence-electron chi connectivity index (χ4n) is 4.08. The first-order chi connectivity index (χ1) is 12.9. The Morgan fingerprint density at radius 2 is 0.923 bits per heavy atom. The molecule has 0 saturated heterocycles. The fraction of sp³-hybridized carbons (Fsp3) is 0.0769. The van der Waals surface area contributed by atoms with E-state index in [1.165, 1.54) is 43.8 Å². The van der Waals surface area contributed by atoms with Gasteiger partial charge in [-0.3, -0.25) is 0 Å². The third kappa shape index (κ3) is 2.55. The summed E-state index contributed by atoms with van der Waals surface area (Å²) in [5, 5.41) is 5.52. The van der Waals surface area contributed by atoms with E-state index in [2.05, 4.69) is 97.1 Å². The van der Waals surface area contributed by atoms with Gasteiger partial charge in [-0.05, 0) is 56.6 Å². The summed E-state index contributed by atoms with van der Waals surface area (Å²) in [6.07, 6.45) is 11.1. The van der Waals surface area contributed by atoms with Crippen molar-refractivity contribution in [2.45, 2.75) is 12.8 Å². The summed E-state index contributed by atoms with van der Waals surface area (Å²) in [7, 11) is 0. The van der Waals surface area contributed by atoms with E-state index in [1.54, 1.807) is 0 Å². The smallest absolute Gasteiger partial charge is 0.00820 e. The Hall–Kier alpha value is -3.12. The number of hydrogen-bond acceptors (Lipinski definition) is 0. The van der Waals surface area contributed by atoms with Crippen molar-refractivity contribution in [1.29, 1.82) is 0 Å². The highest BCUT2D eigenvalue weighted by molar-refractivity contribution is 5.91. The van der Waals surface area contributed by atoms with Gasteiger partial charge in [0.15, 0.2) is 0 Å². The largest absolute Gasteiger partial charge is 0.0795 e. The highest BCUT2D eigenvalue weighted by Gasteiger charge is 2.08. The summed E-state index contributed by atoms with van der Waals surface area (Å²) in [5.74, 6) is 0. The second kappa shape index (κ2) is 6.31. The lowest BCUT2D eigenvalue weighted by atomic mass is 10.0. The van der Waals surface area contributed by atoms with Crippen molar-refractivity contribution >= 4 is 33.7 Å². The van der Waals surface area contributed by atoms with Crippen LogP contribution in [0.5, 0.6) is 0 Å². The Balaban J connectivity index is 0.000000115. The zero-order chi connectivity index (χ0) is 17.3. The minimum absolute atomic E-state index is 1.09. The van der Waals surface area contributed by atoms with Gasteiger partial charge in [-0.15, -0.1) is 0 Å². The number of allylic oxidation sites excluding steroid dienone is 2. The maximum absolute atomic E-state index is 2.23. The molecule has 0 spiro atoms. The van der Waals surface area contributed by atoms with E-state index in [9.17, 15) is 0 Å². The van der Waals surface area contributed by atoms with Crippen LogP contribution in [0.15, 0.2) is 84.9 Å². The van der Waals surface area contributed by atoms with Gasteiger partial charge in [-0.2, -0.15) is 0 Å². The molecule has 0 aromatic heterocycles. The normalized spacial score (nSPS) is 13.5. The van der Waals surface area contributed by atoms with Gasteiger partial charge in [-0.1, -0.05) is 97.1 Å². The van der Waals surface area contributed by atoms with Gasteiger partial charge in [0, 0.05) is 0 Å². The topological polar surface area (TPSA) is 0 Å². The zero-order valence-corrected chi connectivity index (χ0v) is 14.7. The number of hydrogen-bond donors (Lipinski definition) is 0. The van der Waals surface area contributed by atoms with Crippen molar-refractivity contribution in [2.24, 2.45) is 0 Å². The van der Waals surface area contributed by atoms with Gasteiger partial charge in [0.05, 0.1) is 0 Å². The molecular formula is C26H20. The maximum atomic E-state index is 2.23. The molecule has 2 aliphatic rings. The Labute approximate surface area is 154 Å². The SMILES string of the molecule is C1=Cc2ccc3ccccc3c2C1.C1=Cc2ccc3ccccc3c2C1. The molecule has 0 fully saturated rings. The van der Waals surface area contributed by atoms with Crippen molar-refractivity contribution in [2.75, 3.05) is 0 Å². The van der Waals surface area contributed by atoms with Crippen molar-refractivity contribution in [3.05, 3.63) is 107 Å². The van der Waals surface area contributed by atoms with E-state index < -0.39 is 0 Å². The Morgan fingerprint density at radius 3 is 1.42 bits per heavy atom. The molecule has 4 aromatic carbocycles. The first-order valence-electron chi connectivity index (χ1n) is 9.24. The lowest BCUT2D eigenvalue weighted by Gasteiger charge is -2.03. The lowest BCUT2D eigenvalue weighted by molar-refractivity contribution is 1.35. The molecule has 0 amide bonds. The molecule has 26 heavy (non-hydrogen) atoms. The van der Waals surface area contributed by atoms with E-state index in [4.69, 9.17) is 0 Å². The van der Waals surface area contributed by atoms with Crippen LogP contribution in [0.4, 0.5) is 0 Å². The van der Waals surface area contributed by atoms with Crippen LogP contribution in [0, 0.1) is 0 Å². The monoisotopic (exact) mass is 332 g/mol. The van der Waals surface area contributed by atoms with Crippen LogP contribution in [0.1, 0.15) is 22.3 Å².